The summed E-state index contributed by atoms with van der Waals surface area (Å²) >= 11 is 0. The minimum atomic E-state index is -0.434. The van der Waals surface area contributed by atoms with Crippen molar-refractivity contribution in [1.82, 2.24) is 0 Å². The van der Waals surface area contributed by atoms with E-state index in [4.69, 9.17) is 0 Å². The molecule has 2 heteroatoms. The molecule has 1 aromatic carbocycles. The topological polar surface area (TPSA) is 40.5 Å². The van der Waals surface area contributed by atoms with Crippen molar-refractivity contribution in [1.29, 1.82) is 0 Å². The molecule has 0 fully saturated rings. The van der Waals surface area contributed by atoms with Gasteiger partial charge in [0.2, 0.25) is 0 Å². The van der Waals surface area contributed by atoms with Crippen LogP contribution in [0, 0.1) is 11.8 Å². The second-order valence-corrected chi connectivity index (χ2v) is 6.24. The molecule has 1 aromatic rings. The first kappa shape index (κ1) is 16.3. The van der Waals surface area contributed by atoms with Crippen LogP contribution in [0.5, 0.6) is 0 Å². The van der Waals surface area contributed by atoms with Crippen molar-refractivity contribution in [2.45, 2.75) is 26.9 Å². The molecule has 0 radical (unpaired) electrons. The van der Waals surface area contributed by atoms with E-state index in [-0.39, 0.29) is 11.7 Å². The quantitative estimate of drug-likeness (QED) is 0.787. The highest BCUT2D eigenvalue weighted by Gasteiger charge is 2.25. The molecule has 1 aliphatic carbocycles. The number of allylic oxidation sites excluding steroid dienone is 3. The summed E-state index contributed by atoms with van der Waals surface area (Å²) in [7, 11) is 0. The van der Waals surface area contributed by atoms with Crippen LogP contribution in [0.15, 0.2) is 60.7 Å². The monoisotopic (exact) mass is 296 g/mol. The summed E-state index contributed by atoms with van der Waals surface area (Å²) in [6.45, 7) is 14.0. The minimum Gasteiger partial charge on any atom is -0.508 e. The number of rotatable bonds is 4. The van der Waals surface area contributed by atoms with Gasteiger partial charge in [-0.25, -0.2) is 0 Å². The third-order valence-electron chi connectivity index (χ3n) is 4.26. The van der Waals surface area contributed by atoms with Crippen molar-refractivity contribution in [2.24, 2.45) is 11.8 Å². The summed E-state index contributed by atoms with van der Waals surface area (Å²) in [5, 5.41) is 19.6. The van der Waals surface area contributed by atoms with Crippen LogP contribution in [0.1, 0.15) is 31.9 Å². The molecule has 2 N–H and O–H groups in total. The lowest BCUT2D eigenvalue weighted by molar-refractivity contribution is 0.148. The molecular weight excluding hydrogens is 272 g/mol. The van der Waals surface area contributed by atoms with E-state index >= 15 is 0 Å². The van der Waals surface area contributed by atoms with Crippen LogP contribution in [0.2, 0.25) is 0 Å². The van der Waals surface area contributed by atoms with Gasteiger partial charge in [0.05, 0.1) is 6.10 Å². The predicted octanol–water partition coefficient (Wildman–Crippen LogP) is 4.75. The zero-order chi connectivity index (χ0) is 16.4. The highest BCUT2D eigenvalue weighted by atomic mass is 16.3. The van der Waals surface area contributed by atoms with Crippen molar-refractivity contribution in [3.63, 3.8) is 0 Å². The first-order valence-electron chi connectivity index (χ1n) is 7.58. The lowest BCUT2D eigenvalue weighted by Crippen LogP contribution is -2.25. The molecule has 0 amide bonds. The summed E-state index contributed by atoms with van der Waals surface area (Å²) in [5.74, 6) is 0.530. The van der Waals surface area contributed by atoms with Gasteiger partial charge in [-0.15, -0.1) is 0 Å². The average molecular weight is 296 g/mol. The van der Waals surface area contributed by atoms with Crippen LogP contribution in [0.25, 0.3) is 11.3 Å². The summed E-state index contributed by atoms with van der Waals surface area (Å²) in [6, 6.07) is 7.53. The predicted molar refractivity (Wildman–Crippen MR) is 93.3 cm³/mol. The molecule has 0 aliphatic heterocycles. The van der Waals surface area contributed by atoms with Crippen molar-refractivity contribution < 1.29 is 10.2 Å². The van der Waals surface area contributed by atoms with Gasteiger partial charge in [0, 0.05) is 11.5 Å². The zero-order valence-corrected chi connectivity index (χ0v) is 13.5. The van der Waals surface area contributed by atoms with E-state index in [9.17, 15) is 10.2 Å². The molecule has 0 saturated carbocycles. The van der Waals surface area contributed by atoms with Gasteiger partial charge in [-0.3, -0.25) is 0 Å². The summed E-state index contributed by atoms with van der Waals surface area (Å²) in [4.78, 5) is 0. The Morgan fingerprint density at radius 2 is 1.59 bits per heavy atom. The Morgan fingerprint density at radius 3 is 2.09 bits per heavy atom. The van der Waals surface area contributed by atoms with Gasteiger partial charge in [0.25, 0.3) is 0 Å². The molecule has 0 spiro atoms. The summed E-state index contributed by atoms with van der Waals surface area (Å²) < 4.78 is 0. The number of hydrogen-bond donors (Lipinski definition) is 2. The van der Waals surface area contributed by atoms with Crippen LogP contribution >= 0.6 is 0 Å². The average Bonchev–Trinajstić information content (AvgIpc) is 2.46. The maximum absolute atomic E-state index is 10.2. The highest BCUT2D eigenvalue weighted by Crippen LogP contribution is 2.35. The maximum atomic E-state index is 10.2. The maximum Gasteiger partial charge on any atom is 0.115 e. The van der Waals surface area contributed by atoms with E-state index in [0.29, 0.717) is 11.5 Å². The number of aliphatic hydroxyl groups excluding tert-OH is 2. The molecule has 2 nitrogen and oxygen atoms in total. The fraction of sp³-hybridized carbons (Fsp3) is 0.300. The van der Waals surface area contributed by atoms with Crippen LogP contribution in [0.4, 0.5) is 0 Å². The summed E-state index contributed by atoms with van der Waals surface area (Å²) in [5.41, 5.74) is 4.77. The Hall–Kier alpha value is -2.06. The molecule has 1 aliphatic rings. The number of hydrogen-bond acceptors (Lipinski definition) is 2. The van der Waals surface area contributed by atoms with Crippen molar-refractivity contribution in [3.05, 3.63) is 71.8 Å². The largest absolute Gasteiger partial charge is 0.508 e. The number of benzene rings is 1. The minimum absolute atomic E-state index is 0.0631. The van der Waals surface area contributed by atoms with E-state index < -0.39 is 6.10 Å². The van der Waals surface area contributed by atoms with Gasteiger partial charge in [0.1, 0.15) is 5.76 Å². The van der Waals surface area contributed by atoms with Crippen LogP contribution in [-0.2, 0) is 0 Å². The zero-order valence-electron chi connectivity index (χ0n) is 13.5. The molecule has 0 aromatic heterocycles. The fourth-order valence-electron chi connectivity index (χ4n) is 2.82. The van der Waals surface area contributed by atoms with Gasteiger partial charge in [-0.05, 0) is 35.1 Å². The van der Waals surface area contributed by atoms with Gasteiger partial charge < -0.3 is 10.2 Å². The molecule has 0 saturated heterocycles. The lowest BCUT2D eigenvalue weighted by atomic mass is 9.79. The Kier molecular flexibility index (Phi) is 4.72. The second-order valence-electron chi connectivity index (χ2n) is 6.24. The van der Waals surface area contributed by atoms with Crippen LogP contribution in [0.3, 0.4) is 0 Å². The molecule has 2 unspecified atom stereocenters. The smallest absolute Gasteiger partial charge is 0.115 e. The molecule has 2 rings (SSSR count). The third-order valence-corrected chi connectivity index (χ3v) is 4.26. The van der Waals surface area contributed by atoms with Gasteiger partial charge in [-0.1, -0.05) is 63.4 Å². The lowest BCUT2D eigenvalue weighted by Gasteiger charge is -2.28. The summed E-state index contributed by atoms with van der Waals surface area (Å²) in [6.07, 6.45) is 3.61. The normalized spacial score (nSPS) is 21.3. The Bertz CT molecular complexity index is 645. The van der Waals surface area contributed by atoms with Gasteiger partial charge in [0.15, 0.2) is 0 Å². The van der Waals surface area contributed by atoms with Gasteiger partial charge in [-0.2, -0.15) is 0 Å². The van der Waals surface area contributed by atoms with Crippen LogP contribution < -0.4 is 0 Å². The van der Waals surface area contributed by atoms with Crippen molar-refractivity contribution in [2.75, 3.05) is 0 Å². The van der Waals surface area contributed by atoms with E-state index in [1.54, 1.807) is 0 Å². The second kappa shape index (κ2) is 6.37. The molecule has 2 atom stereocenters. The van der Waals surface area contributed by atoms with Crippen molar-refractivity contribution in [3.8, 4) is 0 Å². The Labute approximate surface area is 132 Å². The third kappa shape index (κ3) is 3.23. The first-order chi connectivity index (χ1) is 10.3. The Balaban J connectivity index is 2.33. The van der Waals surface area contributed by atoms with E-state index in [1.165, 1.54) is 0 Å². The van der Waals surface area contributed by atoms with Crippen LogP contribution in [-0.4, -0.2) is 16.3 Å². The van der Waals surface area contributed by atoms with E-state index in [2.05, 4.69) is 33.1 Å². The molecule has 0 heterocycles. The SMILES string of the molecule is C=C(O)c1ccc(C(=C)C2=CC(C(C)C)C(O)C=C2C)cc1. The highest BCUT2D eigenvalue weighted by molar-refractivity contribution is 5.82. The van der Waals surface area contributed by atoms with E-state index in [1.807, 2.05) is 37.3 Å². The molecular formula is C20H24O2. The molecule has 116 valence electrons. The molecule has 22 heavy (non-hydrogen) atoms. The molecule has 0 bridgehead atoms. The van der Waals surface area contributed by atoms with Crippen molar-refractivity contribution >= 4 is 11.3 Å². The first-order valence-corrected chi connectivity index (χ1v) is 7.58. The standard InChI is InChI=1S/C20H24O2/c1-12(2)18-11-19(13(3)10-20(18)22)14(4)16-6-8-17(9-7-16)15(5)21/h6-12,18,20-22H,4-5H2,1-3H3. The fourth-order valence-corrected chi connectivity index (χ4v) is 2.82. The van der Waals surface area contributed by atoms with Gasteiger partial charge >= 0.3 is 0 Å². The Morgan fingerprint density at radius 1 is 1.05 bits per heavy atom. The van der Waals surface area contributed by atoms with E-state index in [0.717, 1.165) is 22.3 Å². The number of aliphatic hydroxyl groups is 2.